The van der Waals surface area contributed by atoms with E-state index in [0.717, 1.165) is 12.0 Å². The molecule has 2 N–H and O–H groups in total. The number of aliphatic hydroxyl groups excluding tert-OH is 1. The number of hydrogen-bond donors (Lipinski definition) is 2. The number of cyclic esters (lactones) is 1. The third-order valence-electron chi connectivity index (χ3n) is 15.8. The molecule has 17 nitrogen and oxygen atoms in total. The Morgan fingerprint density at radius 3 is 2.20 bits per heavy atom. The molecule has 3 fully saturated rings. The molecule has 3 heterocycles. The van der Waals surface area contributed by atoms with Crippen molar-refractivity contribution in [3.05, 3.63) is 47.6 Å². The molecule has 0 aromatic rings. The van der Waals surface area contributed by atoms with Gasteiger partial charge in [-0.15, -0.1) is 0 Å². The standard InChI is InChI=1S/C58H93NO16/c1-37-17-13-12-14-18-38(2)49(73-30-29-71-28-27-67-8)35-45-22-20-43(7)58(66,75-45)55(63)56(64)59-24-16-15-19-46(59)57(65)74-50(40(4)33-44-21-23-48(72-26-25-60)51(34-44)68-9)36-47(61)39(3)32-42(6)53(69-10)54(70-11)52(62)41(5)31-37/h12-14,17-18,32,37,39-41,43-46,48-51,53-54,60,66H,15-16,19-31,33-36H2,1-11H3/b14-12?,17-13+,38-18?,42-32+/t37-,39-,40-,41-,43-,44+,45+,46+,48-,49?,50+,51-,53-,54+,58-/m1/s1. The van der Waals surface area contributed by atoms with Gasteiger partial charge in [0.2, 0.25) is 5.79 Å². The molecule has 4 rings (SSSR count). The first-order valence-corrected chi connectivity index (χ1v) is 27.5. The van der Waals surface area contributed by atoms with Gasteiger partial charge in [0, 0.05) is 65.6 Å². The van der Waals surface area contributed by atoms with Crippen molar-refractivity contribution < 1.29 is 76.8 Å². The second kappa shape index (κ2) is 32.4. The summed E-state index contributed by atoms with van der Waals surface area (Å²) < 4.78 is 53.3. The van der Waals surface area contributed by atoms with Crippen molar-refractivity contribution in [1.29, 1.82) is 0 Å². The zero-order valence-corrected chi connectivity index (χ0v) is 47.0. The van der Waals surface area contributed by atoms with Crippen molar-refractivity contribution in [2.24, 2.45) is 35.5 Å². The number of carbonyl (C=O) groups excluding carboxylic acids is 5. The Morgan fingerprint density at radius 1 is 0.773 bits per heavy atom. The SMILES string of the molecule is COCCOCCOC1C[C@@H]2CC[C@@H](C)[C@@](O)(O2)C(=O)C(=O)N2CCCC[C@H]2C(=O)O[C@H]([C@H](C)C[C@@H]2CC[C@@H](OCCO)[C@H](OC)C2)CC(=O)[C@H](C)/C=C(\C)[C@@H](OC)[C@@H](OC)C(=O)[C@H](C)C[C@H](C)/C=C/C=CC=C1C. The fourth-order valence-electron chi connectivity index (χ4n) is 11.2. The van der Waals surface area contributed by atoms with Crippen molar-refractivity contribution in [2.75, 3.05) is 74.6 Å². The number of nitrogens with zero attached hydrogens (tertiary/aromatic N) is 1. The van der Waals surface area contributed by atoms with Gasteiger partial charge in [0.1, 0.15) is 30.1 Å². The van der Waals surface area contributed by atoms with E-state index >= 15 is 0 Å². The number of ether oxygens (including phenoxy) is 9. The molecule has 17 heteroatoms. The fraction of sp³-hybridized carbons (Fsp3) is 0.776. The lowest BCUT2D eigenvalue weighted by Gasteiger charge is -2.43. The molecule has 75 heavy (non-hydrogen) atoms. The van der Waals surface area contributed by atoms with Crippen LogP contribution in [0.3, 0.4) is 0 Å². The van der Waals surface area contributed by atoms with E-state index in [2.05, 4.69) is 0 Å². The summed E-state index contributed by atoms with van der Waals surface area (Å²) in [7, 11) is 6.22. The molecule has 0 radical (unpaired) electrons. The molecule has 0 aromatic carbocycles. The molecule has 1 amide bonds. The van der Waals surface area contributed by atoms with Gasteiger partial charge in [0.15, 0.2) is 5.78 Å². The second-order valence-electron chi connectivity index (χ2n) is 21.6. The van der Waals surface area contributed by atoms with Crippen LogP contribution in [0.15, 0.2) is 47.6 Å². The molecule has 1 unspecified atom stereocenters. The van der Waals surface area contributed by atoms with Gasteiger partial charge in [0.25, 0.3) is 11.7 Å². The van der Waals surface area contributed by atoms with Gasteiger partial charge in [-0.2, -0.15) is 0 Å². The molecular formula is C58H93NO16. The van der Waals surface area contributed by atoms with Crippen LogP contribution >= 0.6 is 0 Å². The molecule has 0 aromatic heterocycles. The number of Topliss-reactive ketones (excluding diaryl/α,β-unsaturated/α-hetero) is 3. The van der Waals surface area contributed by atoms with E-state index in [1.165, 1.54) is 19.1 Å². The second-order valence-corrected chi connectivity index (χ2v) is 21.6. The molecule has 1 aliphatic carbocycles. The molecule has 2 bridgehead atoms. The van der Waals surface area contributed by atoms with Crippen LogP contribution in [0, 0.1) is 35.5 Å². The van der Waals surface area contributed by atoms with E-state index in [4.69, 9.17) is 42.6 Å². The van der Waals surface area contributed by atoms with E-state index in [9.17, 15) is 34.2 Å². The van der Waals surface area contributed by atoms with Crippen LogP contribution in [-0.4, -0.2) is 174 Å². The fourth-order valence-corrected chi connectivity index (χ4v) is 11.2. The Kier molecular flexibility index (Phi) is 27.7. The van der Waals surface area contributed by atoms with E-state index in [1.807, 2.05) is 65.0 Å². The first-order valence-electron chi connectivity index (χ1n) is 27.5. The Balaban J connectivity index is 1.72. The number of aliphatic hydroxyl groups is 2. The van der Waals surface area contributed by atoms with Gasteiger partial charge in [-0.3, -0.25) is 19.2 Å². The van der Waals surface area contributed by atoms with Crippen LogP contribution in [0.25, 0.3) is 0 Å². The number of methoxy groups -OCH3 is 4. The topological polar surface area (TPSA) is 212 Å². The van der Waals surface area contributed by atoms with E-state index in [1.54, 1.807) is 34.1 Å². The number of rotatable bonds is 16. The summed E-state index contributed by atoms with van der Waals surface area (Å²) in [6, 6.07) is -1.15. The summed E-state index contributed by atoms with van der Waals surface area (Å²) in [5.41, 5.74) is 1.49. The summed E-state index contributed by atoms with van der Waals surface area (Å²) in [4.78, 5) is 73.3. The minimum absolute atomic E-state index is 0.0309. The molecule has 1 saturated carbocycles. The van der Waals surface area contributed by atoms with Crippen molar-refractivity contribution in [3.63, 3.8) is 0 Å². The number of carbonyl (C=O) groups is 5. The summed E-state index contributed by atoms with van der Waals surface area (Å²) in [6.45, 7) is 14.6. The number of hydrogen-bond acceptors (Lipinski definition) is 16. The molecule has 2 saturated heterocycles. The molecule has 426 valence electrons. The minimum Gasteiger partial charge on any atom is -0.460 e. The lowest BCUT2D eigenvalue weighted by molar-refractivity contribution is -0.266. The number of amides is 1. The van der Waals surface area contributed by atoms with Gasteiger partial charge >= 0.3 is 5.97 Å². The van der Waals surface area contributed by atoms with E-state index in [0.29, 0.717) is 76.8 Å². The van der Waals surface area contributed by atoms with E-state index < -0.39 is 71.8 Å². The molecular weight excluding hydrogens is 967 g/mol. The van der Waals surface area contributed by atoms with Crippen LogP contribution in [-0.2, 0) is 66.6 Å². The molecule has 4 aliphatic rings. The molecule has 3 aliphatic heterocycles. The van der Waals surface area contributed by atoms with Gasteiger partial charge in [0.05, 0.1) is 64.1 Å². The summed E-state index contributed by atoms with van der Waals surface area (Å²) in [5.74, 6) is -7.67. The summed E-state index contributed by atoms with van der Waals surface area (Å²) in [6.07, 6.45) is 12.9. The molecule has 15 atom stereocenters. The number of piperidine rings is 1. The molecule has 0 spiro atoms. The lowest BCUT2D eigenvalue weighted by atomic mass is 9.78. The van der Waals surface area contributed by atoms with Crippen LogP contribution in [0.2, 0.25) is 0 Å². The summed E-state index contributed by atoms with van der Waals surface area (Å²) >= 11 is 0. The predicted octanol–water partition coefficient (Wildman–Crippen LogP) is 6.88. The van der Waals surface area contributed by atoms with Crippen molar-refractivity contribution >= 4 is 29.2 Å². The highest BCUT2D eigenvalue weighted by atomic mass is 16.6. The monoisotopic (exact) mass is 1060 g/mol. The summed E-state index contributed by atoms with van der Waals surface area (Å²) in [5, 5.41) is 21.6. The number of esters is 1. The van der Waals surface area contributed by atoms with Crippen LogP contribution < -0.4 is 0 Å². The van der Waals surface area contributed by atoms with Crippen LogP contribution in [0.5, 0.6) is 0 Å². The van der Waals surface area contributed by atoms with Crippen LogP contribution in [0.1, 0.15) is 126 Å². The van der Waals surface area contributed by atoms with E-state index in [-0.39, 0.29) is 93.1 Å². The first kappa shape index (κ1) is 64.0. The third-order valence-corrected chi connectivity index (χ3v) is 15.8. The van der Waals surface area contributed by atoms with Gasteiger partial charge in [-0.25, -0.2) is 4.79 Å². The Labute approximate surface area is 447 Å². The zero-order valence-electron chi connectivity index (χ0n) is 47.0. The zero-order chi connectivity index (χ0) is 55.2. The number of fused-ring (bicyclic) bond motifs is 3. The first-order chi connectivity index (χ1) is 35.8. The van der Waals surface area contributed by atoms with Gasteiger partial charge < -0.3 is 57.7 Å². The van der Waals surface area contributed by atoms with Crippen molar-refractivity contribution in [2.45, 2.75) is 180 Å². The minimum atomic E-state index is -2.47. The highest BCUT2D eigenvalue weighted by Gasteiger charge is 2.53. The lowest BCUT2D eigenvalue weighted by Crippen LogP contribution is -2.61. The number of allylic oxidation sites excluding steroid dienone is 6. The maximum Gasteiger partial charge on any atom is 0.329 e. The predicted molar refractivity (Wildman–Crippen MR) is 282 cm³/mol. The van der Waals surface area contributed by atoms with Gasteiger partial charge in [-0.1, -0.05) is 71.1 Å². The highest BCUT2D eigenvalue weighted by molar-refractivity contribution is 6.39. The average Bonchev–Trinajstić information content (AvgIpc) is 3.39. The number of ketones is 3. The van der Waals surface area contributed by atoms with Crippen molar-refractivity contribution in [1.82, 2.24) is 4.90 Å². The van der Waals surface area contributed by atoms with Crippen LogP contribution in [0.4, 0.5) is 0 Å². The van der Waals surface area contributed by atoms with Gasteiger partial charge in [-0.05, 0) is 107 Å². The maximum atomic E-state index is 14.6. The quantitative estimate of drug-likeness (QED) is 0.0698. The maximum absolute atomic E-state index is 14.6. The normalized spacial score (nSPS) is 35.5. The van der Waals surface area contributed by atoms with Crippen molar-refractivity contribution in [3.8, 4) is 0 Å². The Morgan fingerprint density at radius 2 is 1.51 bits per heavy atom. The highest BCUT2D eigenvalue weighted by Crippen LogP contribution is 2.38. The average molecular weight is 1060 g/mol. The largest absolute Gasteiger partial charge is 0.460 e. The Bertz CT molecular complexity index is 1930. The third kappa shape index (κ3) is 18.8. The smallest absolute Gasteiger partial charge is 0.329 e. The Hall–Kier alpha value is -3.49.